The van der Waals surface area contributed by atoms with E-state index in [0.29, 0.717) is 28.6 Å². The first-order valence-electron chi connectivity index (χ1n) is 9.81. The molecule has 0 fully saturated rings. The van der Waals surface area contributed by atoms with Crippen LogP contribution in [0.15, 0.2) is 42.5 Å². The maximum Gasteiger partial charge on any atom is 0.243 e. The lowest BCUT2D eigenvalue weighted by atomic mass is 10.0. The van der Waals surface area contributed by atoms with Crippen molar-refractivity contribution < 1.29 is 9.59 Å². The Balaban J connectivity index is 2.38. The number of nitrogens with zero attached hydrogens (tertiary/aromatic N) is 1. The number of halogens is 2. The first-order valence-corrected chi connectivity index (χ1v) is 10.6. The lowest BCUT2D eigenvalue weighted by Gasteiger charge is -2.32. The van der Waals surface area contributed by atoms with Crippen molar-refractivity contribution in [3.8, 4) is 0 Å². The molecule has 0 aromatic heterocycles. The fourth-order valence-corrected chi connectivity index (χ4v) is 3.76. The van der Waals surface area contributed by atoms with Crippen LogP contribution in [-0.2, 0) is 22.6 Å². The third-order valence-corrected chi connectivity index (χ3v) is 5.52. The SMILES string of the molecule is CCC(C(=O)NC(C)C)N(Cc1ccccc1C)C(=O)Cc1c(Cl)cccc1Cl. The van der Waals surface area contributed by atoms with Crippen LogP contribution in [0.4, 0.5) is 0 Å². The summed E-state index contributed by atoms with van der Waals surface area (Å²) in [7, 11) is 0. The number of hydrogen-bond acceptors (Lipinski definition) is 2. The molecule has 29 heavy (non-hydrogen) atoms. The Morgan fingerprint density at radius 2 is 1.66 bits per heavy atom. The van der Waals surface area contributed by atoms with Crippen LogP contribution in [0.1, 0.15) is 43.9 Å². The molecule has 2 aromatic rings. The highest BCUT2D eigenvalue weighted by molar-refractivity contribution is 6.36. The lowest BCUT2D eigenvalue weighted by molar-refractivity contribution is -0.141. The molecule has 0 aliphatic heterocycles. The van der Waals surface area contributed by atoms with Gasteiger partial charge in [-0.3, -0.25) is 9.59 Å². The van der Waals surface area contributed by atoms with E-state index in [4.69, 9.17) is 23.2 Å². The van der Waals surface area contributed by atoms with E-state index in [1.807, 2.05) is 52.0 Å². The highest BCUT2D eigenvalue weighted by Crippen LogP contribution is 2.26. The van der Waals surface area contributed by atoms with Crippen LogP contribution in [0.5, 0.6) is 0 Å². The zero-order valence-electron chi connectivity index (χ0n) is 17.3. The summed E-state index contributed by atoms with van der Waals surface area (Å²) in [5.41, 5.74) is 2.65. The minimum absolute atomic E-state index is 0.00928. The summed E-state index contributed by atoms with van der Waals surface area (Å²) in [4.78, 5) is 27.8. The number of benzene rings is 2. The van der Waals surface area contributed by atoms with Gasteiger partial charge in [0.25, 0.3) is 0 Å². The molecule has 1 unspecified atom stereocenters. The molecule has 2 aromatic carbocycles. The fraction of sp³-hybridized carbons (Fsp3) is 0.391. The first kappa shape index (κ1) is 23.2. The van der Waals surface area contributed by atoms with Crippen LogP contribution in [0.3, 0.4) is 0 Å². The molecule has 1 N–H and O–H groups in total. The van der Waals surface area contributed by atoms with E-state index in [9.17, 15) is 9.59 Å². The number of nitrogens with one attached hydrogen (secondary N) is 1. The summed E-state index contributed by atoms with van der Waals surface area (Å²) in [6.45, 7) is 8.06. The zero-order valence-corrected chi connectivity index (χ0v) is 18.8. The van der Waals surface area contributed by atoms with Gasteiger partial charge in [-0.25, -0.2) is 0 Å². The third-order valence-electron chi connectivity index (χ3n) is 4.81. The van der Waals surface area contributed by atoms with Crippen LogP contribution in [0.25, 0.3) is 0 Å². The van der Waals surface area contributed by atoms with E-state index in [1.54, 1.807) is 23.1 Å². The molecule has 0 saturated heterocycles. The highest BCUT2D eigenvalue weighted by Gasteiger charge is 2.30. The molecule has 1 atom stereocenters. The molecule has 0 saturated carbocycles. The average molecular weight is 435 g/mol. The number of hydrogen-bond donors (Lipinski definition) is 1. The lowest BCUT2D eigenvalue weighted by Crippen LogP contribution is -2.50. The minimum atomic E-state index is -0.578. The largest absolute Gasteiger partial charge is 0.352 e. The van der Waals surface area contributed by atoms with Gasteiger partial charge in [0.15, 0.2) is 0 Å². The van der Waals surface area contributed by atoms with Crippen LogP contribution in [-0.4, -0.2) is 28.8 Å². The Kier molecular flexibility index (Phi) is 8.54. The standard InChI is InChI=1S/C23H28Cl2N2O2/c1-5-21(23(29)26-15(2)3)27(14-17-10-7-6-9-16(17)4)22(28)13-18-19(24)11-8-12-20(18)25/h6-12,15,21H,5,13-14H2,1-4H3,(H,26,29). The van der Waals surface area contributed by atoms with E-state index >= 15 is 0 Å². The first-order chi connectivity index (χ1) is 13.7. The van der Waals surface area contributed by atoms with Crippen molar-refractivity contribution in [3.63, 3.8) is 0 Å². The molecule has 2 amide bonds. The van der Waals surface area contributed by atoms with Crippen LogP contribution in [0, 0.1) is 6.92 Å². The normalized spacial score (nSPS) is 12.0. The summed E-state index contributed by atoms with van der Waals surface area (Å²) in [5, 5.41) is 3.82. The van der Waals surface area contributed by atoms with Crippen molar-refractivity contribution in [1.82, 2.24) is 10.2 Å². The summed E-state index contributed by atoms with van der Waals surface area (Å²) < 4.78 is 0. The second-order valence-electron chi connectivity index (χ2n) is 7.41. The minimum Gasteiger partial charge on any atom is -0.352 e. The molecule has 0 spiro atoms. The molecule has 0 aliphatic rings. The van der Waals surface area contributed by atoms with Gasteiger partial charge in [0.2, 0.25) is 11.8 Å². The van der Waals surface area contributed by atoms with E-state index in [1.165, 1.54) is 0 Å². The van der Waals surface area contributed by atoms with Crippen LogP contribution >= 0.6 is 23.2 Å². The van der Waals surface area contributed by atoms with E-state index < -0.39 is 6.04 Å². The second kappa shape index (κ2) is 10.7. The van der Waals surface area contributed by atoms with Gasteiger partial charge in [0, 0.05) is 22.6 Å². The summed E-state index contributed by atoms with van der Waals surface area (Å²) in [6.07, 6.45) is 0.544. The van der Waals surface area contributed by atoms with Gasteiger partial charge >= 0.3 is 0 Å². The number of rotatable bonds is 8. The second-order valence-corrected chi connectivity index (χ2v) is 8.23. The number of carbonyl (C=O) groups is 2. The smallest absolute Gasteiger partial charge is 0.243 e. The molecule has 6 heteroatoms. The summed E-state index contributed by atoms with van der Waals surface area (Å²) >= 11 is 12.5. The van der Waals surface area contributed by atoms with Crippen molar-refractivity contribution in [2.75, 3.05) is 0 Å². The molecule has 0 heterocycles. The third kappa shape index (κ3) is 6.22. The molecular weight excluding hydrogens is 407 g/mol. The predicted octanol–water partition coefficient (Wildman–Crippen LogP) is 5.18. The number of carbonyl (C=O) groups excluding carboxylic acids is 2. The molecule has 2 rings (SSSR count). The average Bonchev–Trinajstić information content (AvgIpc) is 2.65. The topological polar surface area (TPSA) is 49.4 Å². The molecule has 0 aliphatic carbocycles. The predicted molar refractivity (Wildman–Crippen MR) is 119 cm³/mol. The molecule has 0 bridgehead atoms. The molecule has 4 nitrogen and oxygen atoms in total. The summed E-state index contributed by atoms with van der Waals surface area (Å²) in [6, 6.07) is 12.4. The molecule has 0 radical (unpaired) electrons. The van der Waals surface area contributed by atoms with Crippen molar-refractivity contribution in [2.45, 2.75) is 59.2 Å². The zero-order chi connectivity index (χ0) is 21.6. The van der Waals surface area contributed by atoms with Crippen LogP contribution in [0.2, 0.25) is 10.0 Å². The van der Waals surface area contributed by atoms with Crippen molar-refractivity contribution in [1.29, 1.82) is 0 Å². The van der Waals surface area contributed by atoms with Gasteiger partial charge in [-0.2, -0.15) is 0 Å². The van der Waals surface area contributed by atoms with E-state index in [-0.39, 0.29) is 24.3 Å². The van der Waals surface area contributed by atoms with Gasteiger partial charge in [-0.1, -0.05) is 60.5 Å². The van der Waals surface area contributed by atoms with Crippen molar-refractivity contribution in [3.05, 3.63) is 69.2 Å². The van der Waals surface area contributed by atoms with Crippen LogP contribution < -0.4 is 5.32 Å². The van der Waals surface area contributed by atoms with Gasteiger partial charge in [0.05, 0.1) is 6.42 Å². The molecular formula is C23H28Cl2N2O2. The van der Waals surface area contributed by atoms with Gasteiger partial charge in [0.1, 0.15) is 6.04 Å². The van der Waals surface area contributed by atoms with Gasteiger partial charge in [-0.05, 0) is 56.0 Å². The van der Waals surface area contributed by atoms with Crippen molar-refractivity contribution >= 4 is 35.0 Å². The maximum atomic E-state index is 13.4. The Morgan fingerprint density at radius 3 is 2.21 bits per heavy atom. The monoisotopic (exact) mass is 434 g/mol. The van der Waals surface area contributed by atoms with E-state index in [0.717, 1.165) is 11.1 Å². The molecule has 156 valence electrons. The van der Waals surface area contributed by atoms with Crippen molar-refractivity contribution in [2.24, 2.45) is 0 Å². The highest BCUT2D eigenvalue weighted by atomic mass is 35.5. The van der Waals surface area contributed by atoms with Gasteiger partial charge in [-0.15, -0.1) is 0 Å². The Hall–Kier alpha value is -2.04. The van der Waals surface area contributed by atoms with Gasteiger partial charge < -0.3 is 10.2 Å². The fourth-order valence-electron chi connectivity index (χ4n) is 3.23. The van der Waals surface area contributed by atoms with E-state index in [2.05, 4.69) is 5.32 Å². The quantitative estimate of drug-likeness (QED) is 0.622. The summed E-state index contributed by atoms with van der Waals surface area (Å²) in [5.74, 6) is -0.344. The Morgan fingerprint density at radius 1 is 1.03 bits per heavy atom. The Labute approximate surface area is 183 Å². The Bertz CT molecular complexity index is 847. The number of aryl methyl sites for hydroxylation is 1. The number of amides is 2. The maximum absolute atomic E-state index is 13.4.